The largest absolute Gasteiger partial charge is 0.377 e. The van der Waals surface area contributed by atoms with Crippen molar-refractivity contribution >= 4 is 11.6 Å². The lowest BCUT2D eigenvalue weighted by atomic mass is 9.85. The summed E-state index contributed by atoms with van der Waals surface area (Å²) in [7, 11) is 1.68. The van der Waals surface area contributed by atoms with Gasteiger partial charge in [0.15, 0.2) is 0 Å². The molecule has 0 aromatic heterocycles. The minimum Gasteiger partial charge on any atom is -0.377 e. The fraction of sp³-hybridized carbons (Fsp3) is 0.571. The quantitative estimate of drug-likeness (QED) is 0.599. The van der Waals surface area contributed by atoms with Crippen molar-refractivity contribution in [3.05, 3.63) is 34.6 Å². The van der Waals surface area contributed by atoms with Crippen LogP contribution in [0.15, 0.2) is 18.2 Å². The fourth-order valence-corrected chi connectivity index (χ4v) is 2.59. The summed E-state index contributed by atoms with van der Waals surface area (Å²) in [6, 6.07) is 4.72. The van der Waals surface area contributed by atoms with Crippen LogP contribution in [-0.2, 0) is 11.2 Å². The zero-order chi connectivity index (χ0) is 14.5. The van der Waals surface area contributed by atoms with Gasteiger partial charge < -0.3 is 4.74 Å². The summed E-state index contributed by atoms with van der Waals surface area (Å²) in [4.78, 5) is 0. The van der Waals surface area contributed by atoms with Crippen LogP contribution in [0.2, 0.25) is 5.02 Å². The van der Waals surface area contributed by atoms with E-state index < -0.39 is 5.82 Å². The Kier molecular flexibility index (Phi) is 6.20. The summed E-state index contributed by atoms with van der Waals surface area (Å²) in [5.41, 5.74) is 3.28. The second kappa shape index (κ2) is 7.20. The summed E-state index contributed by atoms with van der Waals surface area (Å²) >= 11 is 5.68. The highest BCUT2D eigenvalue weighted by Gasteiger charge is 2.35. The first-order valence-corrected chi connectivity index (χ1v) is 6.86. The van der Waals surface area contributed by atoms with Gasteiger partial charge in [0.1, 0.15) is 5.82 Å². The Bertz CT molecular complexity index is 402. The molecule has 0 heterocycles. The van der Waals surface area contributed by atoms with Crippen LogP contribution < -0.4 is 11.3 Å². The van der Waals surface area contributed by atoms with E-state index in [1.54, 1.807) is 13.2 Å². The minimum absolute atomic E-state index is 0.0897. The number of benzene rings is 1. The summed E-state index contributed by atoms with van der Waals surface area (Å²) in [5, 5.41) is 0.130. The van der Waals surface area contributed by atoms with Crippen molar-refractivity contribution in [1.29, 1.82) is 0 Å². The van der Waals surface area contributed by atoms with E-state index in [1.807, 2.05) is 6.07 Å². The van der Waals surface area contributed by atoms with Crippen LogP contribution in [-0.4, -0.2) is 18.8 Å². The average Bonchev–Trinajstić information content (AvgIpc) is 2.43. The van der Waals surface area contributed by atoms with Crippen LogP contribution >= 0.6 is 11.6 Å². The summed E-state index contributed by atoms with van der Waals surface area (Å²) < 4.78 is 19.1. The Morgan fingerprint density at radius 1 is 1.42 bits per heavy atom. The van der Waals surface area contributed by atoms with Gasteiger partial charge >= 0.3 is 0 Å². The van der Waals surface area contributed by atoms with Crippen molar-refractivity contribution in [2.45, 2.75) is 44.8 Å². The van der Waals surface area contributed by atoms with Crippen molar-refractivity contribution in [3.8, 4) is 0 Å². The van der Waals surface area contributed by atoms with E-state index in [-0.39, 0.29) is 16.7 Å². The highest BCUT2D eigenvalue weighted by Crippen LogP contribution is 2.27. The molecular formula is C14H22ClFN2O. The van der Waals surface area contributed by atoms with Crippen LogP contribution in [0.3, 0.4) is 0 Å². The van der Waals surface area contributed by atoms with E-state index in [2.05, 4.69) is 19.3 Å². The highest BCUT2D eigenvalue weighted by molar-refractivity contribution is 6.30. The summed E-state index contributed by atoms with van der Waals surface area (Å²) in [5.74, 6) is 5.24. The van der Waals surface area contributed by atoms with Gasteiger partial charge in [-0.2, -0.15) is 0 Å². The zero-order valence-corrected chi connectivity index (χ0v) is 12.4. The Labute approximate surface area is 119 Å². The van der Waals surface area contributed by atoms with E-state index in [4.69, 9.17) is 22.2 Å². The van der Waals surface area contributed by atoms with Crippen LogP contribution in [0.1, 0.15) is 32.3 Å². The molecule has 108 valence electrons. The molecule has 0 saturated heterocycles. The molecule has 5 heteroatoms. The molecule has 3 N–H and O–H groups in total. The number of ether oxygens (including phenoxy) is 1. The van der Waals surface area contributed by atoms with E-state index in [0.717, 1.165) is 18.4 Å². The maximum atomic E-state index is 13.5. The number of nitrogens with one attached hydrogen (secondary N) is 1. The second-order valence-corrected chi connectivity index (χ2v) is 5.06. The van der Waals surface area contributed by atoms with Crippen LogP contribution in [0, 0.1) is 5.82 Å². The third-order valence-electron chi connectivity index (χ3n) is 3.86. The van der Waals surface area contributed by atoms with Gasteiger partial charge in [-0.05, 0) is 37.0 Å². The topological polar surface area (TPSA) is 47.3 Å². The molecule has 19 heavy (non-hydrogen) atoms. The molecule has 0 saturated carbocycles. The predicted molar refractivity (Wildman–Crippen MR) is 76.5 cm³/mol. The lowest BCUT2D eigenvalue weighted by Crippen LogP contribution is -2.55. The van der Waals surface area contributed by atoms with Gasteiger partial charge in [-0.3, -0.25) is 11.3 Å². The molecule has 1 aromatic rings. The maximum Gasteiger partial charge on any atom is 0.142 e. The molecule has 0 spiro atoms. The molecular weight excluding hydrogens is 267 g/mol. The molecule has 0 bridgehead atoms. The number of nitrogens with two attached hydrogens (primary N) is 1. The standard InChI is InChI=1S/C14H22ClFN2O/c1-4-14(5-2,19-3)13(18-17)9-10-6-7-11(15)12(16)8-10/h6-8,13,18H,4-5,9,17H2,1-3H3. The Morgan fingerprint density at radius 3 is 2.47 bits per heavy atom. The maximum absolute atomic E-state index is 13.5. The van der Waals surface area contributed by atoms with Crippen LogP contribution in [0.25, 0.3) is 0 Å². The van der Waals surface area contributed by atoms with Gasteiger partial charge in [0.25, 0.3) is 0 Å². The lowest BCUT2D eigenvalue weighted by molar-refractivity contribution is -0.0473. The first-order chi connectivity index (χ1) is 9.02. The SMILES string of the molecule is CCC(CC)(OC)C(Cc1ccc(Cl)c(F)c1)NN. The van der Waals surface area contributed by atoms with Gasteiger partial charge in [-0.15, -0.1) is 0 Å². The van der Waals surface area contributed by atoms with Crippen molar-refractivity contribution in [2.75, 3.05) is 7.11 Å². The van der Waals surface area contributed by atoms with E-state index in [1.165, 1.54) is 6.07 Å². The number of rotatable bonds is 7. The van der Waals surface area contributed by atoms with Crippen molar-refractivity contribution < 1.29 is 9.13 Å². The second-order valence-electron chi connectivity index (χ2n) is 4.65. The predicted octanol–water partition coefficient (Wildman–Crippen LogP) is 3.06. The first kappa shape index (κ1) is 16.4. The van der Waals surface area contributed by atoms with E-state index in [9.17, 15) is 4.39 Å². The molecule has 0 radical (unpaired) electrons. The van der Waals surface area contributed by atoms with Gasteiger partial charge in [-0.25, -0.2) is 4.39 Å². The van der Waals surface area contributed by atoms with Gasteiger partial charge in [0.2, 0.25) is 0 Å². The number of hydrogen-bond donors (Lipinski definition) is 2. The Morgan fingerprint density at radius 2 is 2.05 bits per heavy atom. The summed E-state index contributed by atoms with van der Waals surface area (Å²) in [6.07, 6.45) is 2.23. The third kappa shape index (κ3) is 3.66. The molecule has 0 amide bonds. The molecule has 0 fully saturated rings. The number of methoxy groups -OCH3 is 1. The van der Waals surface area contributed by atoms with Crippen LogP contribution in [0.5, 0.6) is 0 Å². The Hall–Kier alpha value is -0.680. The number of halogens is 2. The minimum atomic E-state index is -0.411. The Balaban J connectivity index is 2.95. The smallest absolute Gasteiger partial charge is 0.142 e. The van der Waals surface area contributed by atoms with Crippen LogP contribution in [0.4, 0.5) is 4.39 Å². The first-order valence-electron chi connectivity index (χ1n) is 6.48. The molecule has 3 nitrogen and oxygen atoms in total. The van der Waals surface area contributed by atoms with E-state index >= 15 is 0 Å². The normalized spacial score (nSPS) is 13.6. The van der Waals surface area contributed by atoms with Crippen molar-refractivity contribution in [3.63, 3.8) is 0 Å². The average molecular weight is 289 g/mol. The lowest BCUT2D eigenvalue weighted by Gasteiger charge is -2.38. The highest BCUT2D eigenvalue weighted by atomic mass is 35.5. The monoisotopic (exact) mass is 288 g/mol. The van der Waals surface area contributed by atoms with Crippen molar-refractivity contribution in [1.82, 2.24) is 5.43 Å². The van der Waals surface area contributed by atoms with Gasteiger partial charge in [0.05, 0.1) is 16.7 Å². The third-order valence-corrected chi connectivity index (χ3v) is 4.17. The van der Waals surface area contributed by atoms with E-state index in [0.29, 0.717) is 6.42 Å². The summed E-state index contributed by atoms with van der Waals surface area (Å²) in [6.45, 7) is 4.11. The molecule has 1 atom stereocenters. The number of hydrazine groups is 1. The fourth-order valence-electron chi connectivity index (χ4n) is 2.47. The van der Waals surface area contributed by atoms with Crippen molar-refractivity contribution in [2.24, 2.45) is 5.84 Å². The van der Waals surface area contributed by atoms with Gasteiger partial charge in [-0.1, -0.05) is 31.5 Å². The molecule has 0 aliphatic rings. The number of hydrogen-bond acceptors (Lipinski definition) is 3. The molecule has 1 aromatic carbocycles. The van der Waals surface area contributed by atoms with Gasteiger partial charge in [0, 0.05) is 7.11 Å². The molecule has 1 rings (SSSR count). The molecule has 0 aliphatic carbocycles. The zero-order valence-electron chi connectivity index (χ0n) is 11.7. The molecule has 0 aliphatic heterocycles. The molecule has 1 unspecified atom stereocenters.